The summed E-state index contributed by atoms with van der Waals surface area (Å²) in [6, 6.07) is 12.7. The quantitative estimate of drug-likeness (QED) is 0.211. The number of likely N-dealkylation sites (tertiary alicyclic amines) is 1. The Bertz CT molecular complexity index is 1900. The number of hydrogen-bond donors (Lipinski definition) is 4. The van der Waals surface area contributed by atoms with Crippen molar-refractivity contribution in [3.63, 3.8) is 0 Å². The molecular weight excluding hydrogens is 682 g/mol. The van der Waals surface area contributed by atoms with Crippen molar-refractivity contribution in [2.45, 2.75) is 69.5 Å². The van der Waals surface area contributed by atoms with Gasteiger partial charge in [0.05, 0.1) is 11.4 Å². The highest BCUT2D eigenvalue weighted by Gasteiger charge is 2.61. The molecule has 12 nitrogen and oxygen atoms in total. The smallest absolute Gasteiger partial charge is 0.408 e. The molecule has 4 amide bonds. The van der Waals surface area contributed by atoms with Gasteiger partial charge in [0.15, 0.2) is 0 Å². The van der Waals surface area contributed by atoms with Crippen molar-refractivity contribution in [3.05, 3.63) is 78.0 Å². The fraction of sp³-hybridized carbons (Fsp3) is 0.444. The van der Waals surface area contributed by atoms with Gasteiger partial charge in [0.1, 0.15) is 22.1 Å². The molecule has 4 N–H and O–H groups in total. The molecule has 268 valence electrons. The number of alkyl carbamates (subject to hydrolysis) is 1. The van der Waals surface area contributed by atoms with E-state index < -0.39 is 56.9 Å². The summed E-state index contributed by atoms with van der Waals surface area (Å²) in [5, 5.41) is 6.78. The largest absolute Gasteiger partial charge is 0.444 e. The number of carbonyl (C=O) groups excluding carboxylic acids is 4. The van der Waals surface area contributed by atoms with Crippen LogP contribution in [0.1, 0.15) is 46.6 Å². The van der Waals surface area contributed by atoms with E-state index in [1.54, 1.807) is 76.0 Å². The summed E-state index contributed by atoms with van der Waals surface area (Å²) in [4.78, 5) is 58.9. The molecule has 14 heteroatoms. The first-order chi connectivity index (χ1) is 23.4. The molecule has 1 aliphatic heterocycles. The van der Waals surface area contributed by atoms with Crippen molar-refractivity contribution in [3.8, 4) is 0 Å². The van der Waals surface area contributed by atoms with Gasteiger partial charge in [0, 0.05) is 35.6 Å². The Labute approximate surface area is 297 Å². The maximum atomic E-state index is 14.2. The Balaban J connectivity index is 1.38. The Morgan fingerprint density at radius 1 is 1.10 bits per heavy atom. The SMILES string of the molecule is C=C[C@@H]1C[C@]1(NC(=O)C1CN(C(=O)[C@@H](NC(=O)OC(C)(C)C)C(C)C)C[C@H]1Cc1ccc(Cl)cc1)C(=O)NS(=O)(=O)c1cccc2cc[nH]c12. The number of para-hydroxylation sites is 1. The molecule has 5 atom stereocenters. The number of H-pyrrole nitrogens is 1. The predicted octanol–water partition coefficient (Wildman–Crippen LogP) is 4.55. The Morgan fingerprint density at radius 3 is 2.42 bits per heavy atom. The standard InChI is InChI=1S/C36H44ClN5O7S/c1-7-25-18-36(25,33(45)41-50(47,48)28-10-8-9-23-15-16-38-30(23)28)40-31(43)27-20-42(19-24(27)17-22-11-13-26(37)14-12-22)32(44)29(21(2)3)39-34(46)49-35(4,5)6/h7-16,21,24-25,27,29,38H,1,17-20H2,2-6H3,(H,39,46)(H,40,43)(H,41,45)/t24-,25-,27?,29+,36-/m1/s1. The average Bonchev–Trinajstić information content (AvgIpc) is 3.32. The lowest BCUT2D eigenvalue weighted by Crippen LogP contribution is -2.54. The second kappa shape index (κ2) is 14.1. The highest BCUT2D eigenvalue weighted by atomic mass is 35.5. The van der Waals surface area contributed by atoms with Crippen LogP contribution in [0.25, 0.3) is 10.9 Å². The third-order valence-corrected chi connectivity index (χ3v) is 10.8. The van der Waals surface area contributed by atoms with Crippen molar-refractivity contribution in [2.75, 3.05) is 13.1 Å². The monoisotopic (exact) mass is 725 g/mol. The van der Waals surface area contributed by atoms with Gasteiger partial charge in [-0.3, -0.25) is 14.4 Å². The Morgan fingerprint density at radius 2 is 1.80 bits per heavy atom. The number of benzene rings is 2. The average molecular weight is 726 g/mol. The van der Waals surface area contributed by atoms with Crippen molar-refractivity contribution in [2.24, 2.45) is 23.7 Å². The number of ether oxygens (including phenoxy) is 1. The normalized spacial score (nSPS) is 22.5. The second-order valence-electron chi connectivity index (χ2n) is 14.4. The van der Waals surface area contributed by atoms with Gasteiger partial charge in [-0.25, -0.2) is 17.9 Å². The molecule has 3 aromatic rings. The maximum Gasteiger partial charge on any atom is 0.408 e. The molecule has 1 saturated heterocycles. The summed E-state index contributed by atoms with van der Waals surface area (Å²) in [5.74, 6) is -3.67. The number of amides is 4. The number of aromatic nitrogens is 1. The molecule has 0 bridgehead atoms. The molecule has 2 heterocycles. The number of rotatable bonds is 11. The number of hydrogen-bond acceptors (Lipinski definition) is 7. The zero-order valence-electron chi connectivity index (χ0n) is 28.8. The number of aromatic amines is 1. The minimum atomic E-state index is -4.32. The van der Waals surface area contributed by atoms with Gasteiger partial charge < -0.3 is 25.3 Å². The molecule has 2 fully saturated rings. The molecule has 0 radical (unpaired) electrons. The second-order valence-corrected chi connectivity index (χ2v) is 16.5. The molecule has 2 aliphatic rings. The van der Waals surface area contributed by atoms with Crippen LogP contribution in [0, 0.1) is 23.7 Å². The summed E-state index contributed by atoms with van der Waals surface area (Å²) in [6.07, 6.45) is 2.97. The minimum absolute atomic E-state index is 0.0196. The first-order valence-electron chi connectivity index (χ1n) is 16.5. The zero-order chi connectivity index (χ0) is 36.6. The third kappa shape index (κ3) is 7.99. The fourth-order valence-electron chi connectivity index (χ4n) is 6.52. The van der Waals surface area contributed by atoms with E-state index >= 15 is 0 Å². The van der Waals surface area contributed by atoms with Crippen LogP contribution < -0.4 is 15.4 Å². The van der Waals surface area contributed by atoms with Gasteiger partial charge in [-0.2, -0.15) is 0 Å². The predicted molar refractivity (Wildman–Crippen MR) is 190 cm³/mol. The van der Waals surface area contributed by atoms with E-state index in [2.05, 4.69) is 26.9 Å². The molecular formula is C36H44ClN5O7S. The molecule has 5 rings (SSSR count). The lowest BCUT2D eigenvalue weighted by molar-refractivity contribution is -0.134. The van der Waals surface area contributed by atoms with E-state index in [4.69, 9.17) is 16.3 Å². The van der Waals surface area contributed by atoms with Gasteiger partial charge in [-0.1, -0.05) is 55.8 Å². The van der Waals surface area contributed by atoms with Gasteiger partial charge in [-0.05, 0) is 75.3 Å². The summed E-state index contributed by atoms with van der Waals surface area (Å²) >= 11 is 6.11. The fourth-order valence-corrected chi connectivity index (χ4v) is 7.88. The molecule has 2 aromatic carbocycles. The number of nitrogens with one attached hydrogen (secondary N) is 4. The maximum absolute atomic E-state index is 14.2. The van der Waals surface area contributed by atoms with Crippen LogP contribution in [-0.2, 0) is 35.6 Å². The summed E-state index contributed by atoms with van der Waals surface area (Å²) < 4.78 is 34.5. The van der Waals surface area contributed by atoms with Gasteiger partial charge in [-0.15, -0.1) is 6.58 Å². The van der Waals surface area contributed by atoms with Crippen LogP contribution in [0.15, 0.2) is 72.3 Å². The molecule has 1 unspecified atom stereocenters. The number of carbonyl (C=O) groups is 4. The molecule has 0 spiro atoms. The van der Waals surface area contributed by atoms with E-state index in [9.17, 15) is 27.6 Å². The summed E-state index contributed by atoms with van der Waals surface area (Å²) in [7, 11) is -4.32. The molecule has 1 aliphatic carbocycles. The van der Waals surface area contributed by atoms with E-state index in [0.29, 0.717) is 22.3 Å². The lowest BCUT2D eigenvalue weighted by atomic mass is 9.88. The van der Waals surface area contributed by atoms with Crippen molar-refractivity contribution >= 4 is 56.3 Å². The topological polar surface area (TPSA) is 167 Å². The first-order valence-corrected chi connectivity index (χ1v) is 18.4. The highest BCUT2D eigenvalue weighted by molar-refractivity contribution is 7.90. The van der Waals surface area contributed by atoms with Crippen LogP contribution in [0.2, 0.25) is 5.02 Å². The molecule has 1 saturated carbocycles. The number of nitrogens with zero attached hydrogens (tertiary/aromatic N) is 1. The van der Waals surface area contributed by atoms with E-state index in [-0.39, 0.29) is 42.1 Å². The van der Waals surface area contributed by atoms with Gasteiger partial charge >= 0.3 is 6.09 Å². The lowest BCUT2D eigenvalue weighted by Gasteiger charge is -2.28. The van der Waals surface area contributed by atoms with E-state index in [1.807, 2.05) is 12.1 Å². The summed E-state index contributed by atoms with van der Waals surface area (Å²) in [6.45, 7) is 12.8. The first kappa shape index (κ1) is 36.9. The van der Waals surface area contributed by atoms with Crippen LogP contribution >= 0.6 is 11.6 Å². The third-order valence-electron chi connectivity index (χ3n) is 9.22. The number of sulfonamides is 1. The molecule has 50 heavy (non-hydrogen) atoms. The highest BCUT2D eigenvalue weighted by Crippen LogP contribution is 2.45. The number of fused-ring (bicyclic) bond motifs is 1. The van der Waals surface area contributed by atoms with E-state index in [0.717, 1.165) is 5.56 Å². The minimum Gasteiger partial charge on any atom is -0.444 e. The van der Waals surface area contributed by atoms with Gasteiger partial charge in [0.25, 0.3) is 15.9 Å². The number of halogens is 1. The van der Waals surface area contributed by atoms with Gasteiger partial charge in [0.2, 0.25) is 11.8 Å². The van der Waals surface area contributed by atoms with Crippen molar-refractivity contribution < 1.29 is 32.3 Å². The van der Waals surface area contributed by atoms with Crippen molar-refractivity contribution in [1.29, 1.82) is 0 Å². The summed E-state index contributed by atoms with van der Waals surface area (Å²) in [5.41, 5.74) is -1.07. The Kier molecular flexibility index (Phi) is 10.4. The van der Waals surface area contributed by atoms with Crippen LogP contribution in [0.4, 0.5) is 4.79 Å². The zero-order valence-corrected chi connectivity index (χ0v) is 30.4. The van der Waals surface area contributed by atoms with Crippen molar-refractivity contribution in [1.82, 2.24) is 25.2 Å². The Hall–Kier alpha value is -4.36. The van der Waals surface area contributed by atoms with Crippen LogP contribution in [-0.4, -0.2) is 72.4 Å². The van der Waals surface area contributed by atoms with Crippen LogP contribution in [0.5, 0.6) is 0 Å². The van der Waals surface area contributed by atoms with Crippen LogP contribution in [0.3, 0.4) is 0 Å². The van der Waals surface area contributed by atoms with E-state index in [1.165, 1.54) is 12.1 Å². The molecule has 1 aromatic heterocycles.